The lowest BCUT2D eigenvalue weighted by atomic mass is 9.99. The van der Waals surface area contributed by atoms with E-state index in [-0.39, 0.29) is 6.10 Å². The maximum Gasteiger partial charge on any atom is 0.148 e. The van der Waals surface area contributed by atoms with E-state index in [1.54, 1.807) is 0 Å². The Labute approximate surface area is 113 Å². The van der Waals surface area contributed by atoms with Crippen molar-refractivity contribution in [3.05, 3.63) is 11.4 Å². The molecule has 0 amide bonds. The number of piperidine rings is 1. The standard InChI is InChI=1S/C13H21N5O/c1-7-12(17-14)15-8(2)16-13(7)18-9-3-4-10(18)6-11(19)5-9/h9-11,19H,3-6,14H2,1-2H3,(H,15,16,17). The summed E-state index contributed by atoms with van der Waals surface area (Å²) in [7, 11) is 0. The number of nitrogen functional groups attached to an aromatic ring is 1. The van der Waals surface area contributed by atoms with E-state index in [1.165, 1.54) is 0 Å². The van der Waals surface area contributed by atoms with Gasteiger partial charge in [-0.15, -0.1) is 0 Å². The van der Waals surface area contributed by atoms with Crippen LogP contribution in [-0.4, -0.2) is 33.3 Å². The first-order valence-electron chi connectivity index (χ1n) is 6.88. The molecule has 2 bridgehead atoms. The van der Waals surface area contributed by atoms with Crippen molar-refractivity contribution in [1.82, 2.24) is 9.97 Å². The van der Waals surface area contributed by atoms with Crippen LogP contribution in [0.5, 0.6) is 0 Å². The van der Waals surface area contributed by atoms with Gasteiger partial charge in [-0.1, -0.05) is 0 Å². The number of aliphatic hydroxyl groups excluding tert-OH is 1. The molecule has 0 aliphatic carbocycles. The van der Waals surface area contributed by atoms with Gasteiger partial charge < -0.3 is 15.4 Å². The number of nitrogens with zero attached hydrogens (tertiary/aromatic N) is 3. The molecule has 0 saturated carbocycles. The van der Waals surface area contributed by atoms with E-state index in [4.69, 9.17) is 5.84 Å². The molecule has 0 radical (unpaired) electrons. The van der Waals surface area contributed by atoms with Gasteiger partial charge in [0.05, 0.1) is 6.10 Å². The second kappa shape index (κ2) is 4.61. The van der Waals surface area contributed by atoms with Crippen molar-refractivity contribution in [2.45, 2.75) is 57.7 Å². The van der Waals surface area contributed by atoms with Crippen molar-refractivity contribution in [3.8, 4) is 0 Å². The molecule has 19 heavy (non-hydrogen) atoms. The zero-order chi connectivity index (χ0) is 13.6. The Morgan fingerprint density at radius 2 is 1.84 bits per heavy atom. The number of nitrogens with one attached hydrogen (secondary N) is 1. The third-order valence-corrected chi connectivity index (χ3v) is 4.32. The molecule has 1 aromatic heterocycles. The van der Waals surface area contributed by atoms with Crippen LogP contribution >= 0.6 is 0 Å². The molecule has 2 fully saturated rings. The van der Waals surface area contributed by atoms with Gasteiger partial charge in [0.1, 0.15) is 17.5 Å². The fraction of sp³-hybridized carbons (Fsp3) is 0.692. The molecule has 4 N–H and O–H groups in total. The molecule has 2 saturated heterocycles. The second-order valence-corrected chi connectivity index (χ2v) is 5.63. The third-order valence-electron chi connectivity index (χ3n) is 4.32. The van der Waals surface area contributed by atoms with Crippen LogP contribution < -0.4 is 16.2 Å². The number of fused-ring (bicyclic) bond motifs is 2. The number of aryl methyl sites for hydroxylation is 1. The zero-order valence-corrected chi connectivity index (χ0v) is 11.4. The largest absolute Gasteiger partial charge is 0.393 e. The number of aromatic nitrogens is 2. The van der Waals surface area contributed by atoms with Crippen molar-refractivity contribution in [2.75, 3.05) is 10.3 Å². The van der Waals surface area contributed by atoms with Crippen molar-refractivity contribution in [1.29, 1.82) is 0 Å². The maximum atomic E-state index is 9.89. The summed E-state index contributed by atoms with van der Waals surface area (Å²) < 4.78 is 0. The quantitative estimate of drug-likeness (QED) is 0.542. The lowest BCUT2D eigenvalue weighted by Crippen LogP contribution is -2.45. The molecule has 3 rings (SSSR count). The van der Waals surface area contributed by atoms with E-state index in [2.05, 4.69) is 20.3 Å². The number of hydrogen-bond donors (Lipinski definition) is 3. The third kappa shape index (κ3) is 2.04. The minimum atomic E-state index is -0.163. The SMILES string of the molecule is Cc1nc(NN)c(C)c(N2C3CCC2CC(O)C3)n1. The first-order chi connectivity index (χ1) is 9.10. The normalized spacial score (nSPS) is 29.7. The summed E-state index contributed by atoms with van der Waals surface area (Å²) in [5.41, 5.74) is 3.63. The van der Waals surface area contributed by atoms with E-state index in [0.717, 1.165) is 42.9 Å². The summed E-state index contributed by atoms with van der Waals surface area (Å²) in [4.78, 5) is 11.3. The van der Waals surface area contributed by atoms with Crippen molar-refractivity contribution >= 4 is 11.6 Å². The van der Waals surface area contributed by atoms with E-state index in [1.807, 2.05) is 13.8 Å². The van der Waals surface area contributed by atoms with Crippen LogP contribution in [0, 0.1) is 13.8 Å². The molecular formula is C13H21N5O. The predicted octanol–water partition coefficient (Wildman–Crippen LogP) is 0.871. The van der Waals surface area contributed by atoms with Gasteiger partial charge in [0.2, 0.25) is 0 Å². The van der Waals surface area contributed by atoms with Crippen LogP contribution in [0.3, 0.4) is 0 Å². The summed E-state index contributed by atoms with van der Waals surface area (Å²) in [6, 6.07) is 0.791. The van der Waals surface area contributed by atoms with Gasteiger partial charge >= 0.3 is 0 Å². The lowest BCUT2D eigenvalue weighted by molar-refractivity contribution is 0.126. The fourth-order valence-electron chi connectivity index (χ4n) is 3.50. The van der Waals surface area contributed by atoms with Crippen LogP contribution in [0.15, 0.2) is 0 Å². The smallest absolute Gasteiger partial charge is 0.148 e. The van der Waals surface area contributed by atoms with Crippen LogP contribution in [0.1, 0.15) is 37.1 Å². The van der Waals surface area contributed by atoms with Gasteiger partial charge in [-0.2, -0.15) is 0 Å². The van der Waals surface area contributed by atoms with Crippen molar-refractivity contribution in [2.24, 2.45) is 5.84 Å². The van der Waals surface area contributed by atoms with Crippen molar-refractivity contribution in [3.63, 3.8) is 0 Å². The van der Waals surface area contributed by atoms with Gasteiger partial charge in [0.15, 0.2) is 0 Å². The number of anilines is 2. The predicted molar refractivity (Wildman–Crippen MR) is 73.8 cm³/mol. The molecule has 0 aromatic carbocycles. The molecule has 2 aliphatic rings. The average molecular weight is 263 g/mol. The highest BCUT2D eigenvalue weighted by Gasteiger charge is 2.41. The molecule has 2 aliphatic heterocycles. The maximum absolute atomic E-state index is 9.89. The minimum absolute atomic E-state index is 0.163. The highest BCUT2D eigenvalue weighted by molar-refractivity contribution is 5.60. The monoisotopic (exact) mass is 263 g/mol. The van der Waals surface area contributed by atoms with E-state index in [0.29, 0.717) is 17.9 Å². The summed E-state index contributed by atoms with van der Waals surface area (Å²) >= 11 is 0. The molecule has 2 atom stereocenters. The zero-order valence-electron chi connectivity index (χ0n) is 11.4. The number of hydrogen-bond acceptors (Lipinski definition) is 6. The highest BCUT2D eigenvalue weighted by Crippen LogP contribution is 2.40. The molecule has 0 spiro atoms. The first kappa shape index (κ1) is 12.6. The molecule has 6 nitrogen and oxygen atoms in total. The Bertz CT molecular complexity index is 478. The summed E-state index contributed by atoms with van der Waals surface area (Å²) in [5, 5.41) is 9.89. The number of rotatable bonds is 2. The lowest BCUT2D eigenvalue weighted by Gasteiger charge is -2.39. The van der Waals surface area contributed by atoms with Gasteiger partial charge in [0.25, 0.3) is 0 Å². The van der Waals surface area contributed by atoms with Gasteiger partial charge in [-0.3, -0.25) is 0 Å². The Morgan fingerprint density at radius 1 is 1.21 bits per heavy atom. The summed E-state index contributed by atoms with van der Waals surface area (Å²) in [6.07, 6.45) is 3.78. The van der Waals surface area contributed by atoms with Crippen LogP contribution in [0.4, 0.5) is 11.6 Å². The molecule has 3 heterocycles. The average Bonchev–Trinajstić information content (AvgIpc) is 2.63. The Kier molecular flexibility index (Phi) is 3.06. The van der Waals surface area contributed by atoms with Crippen molar-refractivity contribution < 1.29 is 5.11 Å². The van der Waals surface area contributed by atoms with Crippen LogP contribution in [0.2, 0.25) is 0 Å². The molecule has 6 heteroatoms. The molecule has 104 valence electrons. The number of hydrazine groups is 1. The molecule has 2 unspecified atom stereocenters. The second-order valence-electron chi connectivity index (χ2n) is 5.63. The summed E-state index contributed by atoms with van der Waals surface area (Å²) in [6.45, 7) is 3.87. The van der Waals surface area contributed by atoms with Gasteiger partial charge in [-0.05, 0) is 39.5 Å². The Hall–Kier alpha value is -1.40. The minimum Gasteiger partial charge on any atom is -0.393 e. The van der Waals surface area contributed by atoms with E-state index in [9.17, 15) is 5.11 Å². The number of aliphatic hydroxyl groups is 1. The first-order valence-corrected chi connectivity index (χ1v) is 6.88. The van der Waals surface area contributed by atoms with Gasteiger partial charge in [0, 0.05) is 17.6 Å². The van der Waals surface area contributed by atoms with Gasteiger partial charge in [-0.25, -0.2) is 15.8 Å². The molecule has 1 aromatic rings. The van der Waals surface area contributed by atoms with Crippen LogP contribution in [0.25, 0.3) is 0 Å². The Balaban J connectivity index is 2.01. The van der Waals surface area contributed by atoms with E-state index >= 15 is 0 Å². The summed E-state index contributed by atoms with van der Waals surface area (Å²) in [5.74, 6) is 7.91. The fourth-order valence-corrected chi connectivity index (χ4v) is 3.50. The Morgan fingerprint density at radius 3 is 2.42 bits per heavy atom. The van der Waals surface area contributed by atoms with E-state index < -0.39 is 0 Å². The molecular weight excluding hydrogens is 242 g/mol. The van der Waals surface area contributed by atoms with Crippen LogP contribution in [-0.2, 0) is 0 Å². The number of nitrogens with two attached hydrogens (primary N) is 1. The highest BCUT2D eigenvalue weighted by atomic mass is 16.3. The topological polar surface area (TPSA) is 87.3 Å².